The molecule has 1 aliphatic carbocycles. The number of guanidine groups is 1. The molecule has 0 aliphatic heterocycles. The minimum atomic E-state index is 0. The van der Waals surface area contributed by atoms with Gasteiger partial charge in [-0.25, -0.2) is 4.99 Å². The zero-order valence-corrected chi connectivity index (χ0v) is 13.0. The largest absolute Gasteiger partial charge is 0.370 e. The molecule has 1 heterocycles. The van der Waals surface area contributed by atoms with Crippen LogP contribution in [0.2, 0.25) is 0 Å². The summed E-state index contributed by atoms with van der Waals surface area (Å²) in [6, 6.07) is 0.325. The Labute approximate surface area is 124 Å². The second-order valence-corrected chi connectivity index (χ2v) is 4.48. The summed E-state index contributed by atoms with van der Waals surface area (Å²) in [4.78, 5) is 8.45. The van der Waals surface area contributed by atoms with E-state index in [0.29, 0.717) is 30.3 Å². The predicted octanol–water partition coefficient (Wildman–Crippen LogP) is 1.77. The van der Waals surface area contributed by atoms with E-state index in [1.807, 2.05) is 0 Å². The van der Waals surface area contributed by atoms with Gasteiger partial charge in [0.15, 0.2) is 11.8 Å². The maximum absolute atomic E-state index is 5.73. The zero-order valence-electron chi connectivity index (χ0n) is 10.7. The topological polar surface area (TPSA) is 89.3 Å². The average molecular weight is 365 g/mol. The lowest BCUT2D eigenvalue weighted by atomic mass is 10.3. The third kappa shape index (κ3) is 4.43. The molecule has 18 heavy (non-hydrogen) atoms. The van der Waals surface area contributed by atoms with Crippen LogP contribution in [0.5, 0.6) is 0 Å². The summed E-state index contributed by atoms with van der Waals surface area (Å²) < 4.78 is 5.13. The van der Waals surface area contributed by atoms with E-state index in [2.05, 4.69) is 34.3 Å². The summed E-state index contributed by atoms with van der Waals surface area (Å²) in [6.07, 6.45) is 3.31. The molecule has 3 N–H and O–H groups in total. The van der Waals surface area contributed by atoms with Crippen LogP contribution in [0.3, 0.4) is 0 Å². The van der Waals surface area contributed by atoms with E-state index in [4.69, 9.17) is 10.3 Å². The fraction of sp³-hybridized carbons (Fsp3) is 0.727. The summed E-state index contributed by atoms with van der Waals surface area (Å²) in [5.41, 5.74) is 5.73. The first kappa shape index (κ1) is 15.2. The molecule has 1 atom stereocenters. The molecule has 6 nitrogen and oxygen atoms in total. The smallest absolute Gasteiger partial charge is 0.229 e. The number of nitrogens with two attached hydrogens (primary N) is 1. The molecule has 0 radical (unpaired) electrons. The van der Waals surface area contributed by atoms with Gasteiger partial charge in [0.2, 0.25) is 5.89 Å². The van der Waals surface area contributed by atoms with E-state index in [1.165, 1.54) is 0 Å². The maximum atomic E-state index is 5.73. The Kier molecular flexibility index (Phi) is 5.83. The molecule has 0 bridgehead atoms. The molecule has 1 aromatic rings. The zero-order chi connectivity index (χ0) is 12.3. The highest BCUT2D eigenvalue weighted by molar-refractivity contribution is 14.0. The van der Waals surface area contributed by atoms with Crippen molar-refractivity contribution in [2.45, 2.75) is 51.6 Å². The summed E-state index contributed by atoms with van der Waals surface area (Å²) in [6.45, 7) is 4.51. The molecule has 0 aromatic carbocycles. The Morgan fingerprint density at radius 1 is 1.61 bits per heavy atom. The van der Waals surface area contributed by atoms with Crippen molar-refractivity contribution < 1.29 is 4.52 Å². The molecular weight excluding hydrogens is 345 g/mol. The molecular formula is C11H20IN5O. The van der Waals surface area contributed by atoms with Gasteiger partial charge in [-0.15, -0.1) is 24.0 Å². The highest BCUT2D eigenvalue weighted by atomic mass is 127. The van der Waals surface area contributed by atoms with Crippen molar-refractivity contribution >= 4 is 29.9 Å². The molecule has 1 aliphatic rings. The fourth-order valence-corrected chi connectivity index (χ4v) is 1.38. The third-order valence-electron chi connectivity index (χ3n) is 2.81. The van der Waals surface area contributed by atoms with Gasteiger partial charge in [0, 0.05) is 12.0 Å². The molecule has 7 heteroatoms. The van der Waals surface area contributed by atoms with Crippen molar-refractivity contribution in [3.63, 3.8) is 0 Å². The van der Waals surface area contributed by atoms with Crippen LogP contribution in [-0.4, -0.2) is 22.1 Å². The summed E-state index contributed by atoms with van der Waals surface area (Å²) in [7, 11) is 0. The van der Waals surface area contributed by atoms with Crippen LogP contribution in [0.25, 0.3) is 0 Å². The number of hydrogen-bond donors (Lipinski definition) is 2. The molecule has 2 rings (SSSR count). The van der Waals surface area contributed by atoms with Crippen molar-refractivity contribution in [2.24, 2.45) is 10.7 Å². The Morgan fingerprint density at radius 2 is 2.33 bits per heavy atom. The molecule has 1 aromatic heterocycles. The number of nitrogens with zero attached hydrogens (tertiary/aromatic N) is 3. The van der Waals surface area contributed by atoms with E-state index in [1.54, 1.807) is 0 Å². The first-order valence-electron chi connectivity index (χ1n) is 6.08. The lowest BCUT2D eigenvalue weighted by Crippen LogP contribution is -2.38. The summed E-state index contributed by atoms with van der Waals surface area (Å²) >= 11 is 0. The van der Waals surface area contributed by atoms with Crippen molar-refractivity contribution in [3.05, 3.63) is 11.7 Å². The van der Waals surface area contributed by atoms with E-state index in [0.717, 1.165) is 25.2 Å². The van der Waals surface area contributed by atoms with Gasteiger partial charge in [0.05, 0.1) is 0 Å². The van der Waals surface area contributed by atoms with Crippen LogP contribution < -0.4 is 11.1 Å². The van der Waals surface area contributed by atoms with Crippen molar-refractivity contribution in [1.82, 2.24) is 15.5 Å². The monoisotopic (exact) mass is 365 g/mol. The Hall–Kier alpha value is -0.860. The van der Waals surface area contributed by atoms with Gasteiger partial charge >= 0.3 is 0 Å². The van der Waals surface area contributed by atoms with Gasteiger partial charge in [-0.2, -0.15) is 4.98 Å². The number of hydrogen-bond acceptors (Lipinski definition) is 4. The quantitative estimate of drug-likeness (QED) is 0.472. The molecule has 0 amide bonds. The highest BCUT2D eigenvalue weighted by Gasteiger charge is 2.29. The van der Waals surface area contributed by atoms with Crippen LogP contribution in [0.4, 0.5) is 0 Å². The molecule has 1 saturated carbocycles. The van der Waals surface area contributed by atoms with Gasteiger partial charge < -0.3 is 15.6 Å². The highest BCUT2D eigenvalue weighted by Crippen LogP contribution is 2.38. The second-order valence-electron chi connectivity index (χ2n) is 4.48. The van der Waals surface area contributed by atoms with Gasteiger partial charge in [-0.3, -0.25) is 0 Å². The van der Waals surface area contributed by atoms with Crippen LogP contribution in [-0.2, 0) is 6.54 Å². The number of aromatic nitrogens is 2. The standard InChI is InChI=1S/C11H19N5O.HI/c1-3-7(2)14-11(12)13-6-9-15-10(17-16-9)8-4-5-8;/h7-8H,3-6H2,1-2H3,(H3,12,13,14);1H. The predicted molar refractivity (Wildman–Crippen MR) is 79.9 cm³/mol. The average Bonchev–Trinajstić information content (AvgIpc) is 3.06. The molecule has 102 valence electrons. The minimum absolute atomic E-state index is 0. The van der Waals surface area contributed by atoms with E-state index < -0.39 is 0 Å². The Bertz CT molecular complexity index is 402. The van der Waals surface area contributed by atoms with E-state index >= 15 is 0 Å². The number of nitrogens with one attached hydrogen (secondary N) is 1. The molecule has 1 unspecified atom stereocenters. The second kappa shape index (κ2) is 6.91. The van der Waals surface area contributed by atoms with Gasteiger partial charge in [0.25, 0.3) is 0 Å². The number of rotatable bonds is 5. The van der Waals surface area contributed by atoms with E-state index in [-0.39, 0.29) is 24.0 Å². The van der Waals surface area contributed by atoms with E-state index in [9.17, 15) is 0 Å². The van der Waals surface area contributed by atoms with Crippen LogP contribution in [0, 0.1) is 0 Å². The third-order valence-corrected chi connectivity index (χ3v) is 2.81. The fourth-order valence-electron chi connectivity index (χ4n) is 1.38. The maximum Gasteiger partial charge on any atom is 0.229 e. The summed E-state index contributed by atoms with van der Waals surface area (Å²) in [5, 5.41) is 6.96. The first-order chi connectivity index (χ1) is 8.19. The lowest BCUT2D eigenvalue weighted by Gasteiger charge is -2.10. The van der Waals surface area contributed by atoms with Gasteiger partial charge in [-0.05, 0) is 26.2 Å². The van der Waals surface area contributed by atoms with Crippen molar-refractivity contribution in [1.29, 1.82) is 0 Å². The van der Waals surface area contributed by atoms with Crippen LogP contribution in [0.15, 0.2) is 9.52 Å². The summed E-state index contributed by atoms with van der Waals surface area (Å²) in [5.74, 6) is 2.25. The normalized spacial score (nSPS) is 17.1. The number of halogens is 1. The number of aliphatic imine (C=N–C) groups is 1. The minimum Gasteiger partial charge on any atom is -0.370 e. The molecule has 0 saturated heterocycles. The SMILES string of the molecule is CCC(C)NC(N)=NCc1noc(C2CC2)n1.I. The van der Waals surface area contributed by atoms with Gasteiger partial charge in [0.1, 0.15) is 6.54 Å². The van der Waals surface area contributed by atoms with Crippen LogP contribution in [0.1, 0.15) is 50.7 Å². The van der Waals surface area contributed by atoms with Gasteiger partial charge in [-0.1, -0.05) is 12.1 Å². The Morgan fingerprint density at radius 3 is 2.94 bits per heavy atom. The Balaban J connectivity index is 0.00000162. The van der Waals surface area contributed by atoms with Crippen molar-refractivity contribution in [2.75, 3.05) is 0 Å². The van der Waals surface area contributed by atoms with Crippen LogP contribution >= 0.6 is 24.0 Å². The first-order valence-corrected chi connectivity index (χ1v) is 6.08. The lowest BCUT2D eigenvalue weighted by molar-refractivity contribution is 0.374. The van der Waals surface area contributed by atoms with Crippen molar-refractivity contribution in [3.8, 4) is 0 Å². The molecule has 1 fully saturated rings. The molecule has 0 spiro atoms.